The maximum Gasteiger partial charge on any atom is 0.303 e. The Balaban J connectivity index is 2.78. The summed E-state index contributed by atoms with van der Waals surface area (Å²) in [6.07, 6.45) is 0.968. The molecule has 0 bridgehead atoms. The Labute approximate surface area is 98.4 Å². The zero-order valence-corrected chi connectivity index (χ0v) is 9.62. The van der Waals surface area contributed by atoms with Crippen LogP contribution in [0.3, 0.4) is 0 Å². The van der Waals surface area contributed by atoms with Crippen molar-refractivity contribution in [3.63, 3.8) is 0 Å². The second kappa shape index (κ2) is 5.61. The van der Waals surface area contributed by atoms with Crippen LogP contribution in [-0.2, 0) is 11.2 Å². The fourth-order valence-corrected chi connectivity index (χ4v) is 1.60. The van der Waals surface area contributed by atoms with Crippen LogP contribution in [0.4, 0.5) is 0 Å². The highest BCUT2D eigenvalue weighted by atomic mass is 35.5. The molecular formula is C11H13ClO4. The third-order valence-electron chi connectivity index (χ3n) is 2.19. The van der Waals surface area contributed by atoms with Gasteiger partial charge >= 0.3 is 5.97 Å². The molecule has 0 heterocycles. The molecule has 0 atom stereocenters. The normalized spacial score (nSPS) is 10.1. The quantitative estimate of drug-likeness (QED) is 0.835. The van der Waals surface area contributed by atoms with Gasteiger partial charge in [0.05, 0.1) is 12.1 Å². The Morgan fingerprint density at radius 2 is 2.19 bits per heavy atom. The van der Waals surface area contributed by atoms with E-state index >= 15 is 0 Å². The van der Waals surface area contributed by atoms with E-state index in [1.54, 1.807) is 6.07 Å². The van der Waals surface area contributed by atoms with E-state index in [4.69, 9.17) is 21.4 Å². The van der Waals surface area contributed by atoms with Gasteiger partial charge in [-0.05, 0) is 24.5 Å². The minimum absolute atomic E-state index is 0.00662. The zero-order valence-electron chi connectivity index (χ0n) is 8.86. The summed E-state index contributed by atoms with van der Waals surface area (Å²) in [5, 5.41) is 18.4. The number of aryl methyl sites for hydroxylation is 1. The van der Waals surface area contributed by atoms with Crippen LogP contribution in [0.15, 0.2) is 12.1 Å². The highest BCUT2D eigenvalue weighted by molar-refractivity contribution is 6.32. The van der Waals surface area contributed by atoms with Crippen LogP contribution in [0.1, 0.15) is 18.4 Å². The van der Waals surface area contributed by atoms with Crippen LogP contribution in [0.2, 0.25) is 5.02 Å². The average Bonchev–Trinajstić information content (AvgIpc) is 2.23. The number of carboxylic acids is 1. The van der Waals surface area contributed by atoms with Gasteiger partial charge in [0.2, 0.25) is 0 Å². The van der Waals surface area contributed by atoms with Crippen molar-refractivity contribution in [2.75, 3.05) is 7.11 Å². The number of ether oxygens (including phenoxy) is 1. The number of hydrogen-bond donors (Lipinski definition) is 2. The molecule has 0 fully saturated rings. The number of methoxy groups -OCH3 is 1. The summed E-state index contributed by atoms with van der Waals surface area (Å²) in [4.78, 5) is 10.4. The molecule has 4 nitrogen and oxygen atoms in total. The van der Waals surface area contributed by atoms with E-state index in [-0.39, 0.29) is 17.2 Å². The first-order valence-corrected chi connectivity index (χ1v) is 5.19. The van der Waals surface area contributed by atoms with Gasteiger partial charge in [-0.25, -0.2) is 0 Å². The maximum absolute atomic E-state index is 10.4. The Hall–Kier alpha value is -1.42. The molecule has 1 aromatic rings. The molecule has 0 spiro atoms. The number of aliphatic carboxylic acids is 1. The van der Waals surface area contributed by atoms with E-state index in [0.717, 1.165) is 0 Å². The summed E-state index contributed by atoms with van der Waals surface area (Å²) >= 11 is 5.79. The lowest BCUT2D eigenvalue weighted by Gasteiger charge is -2.08. The molecule has 2 N–H and O–H groups in total. The molecule has 0 radical (unpaired) electrons. The number of hydrogen-bond acceptors (Lipinski definition) is 3. The van der Waals surface area contributed by atoms with E-state index in [0.29, 0.717) is 24.2 Å². The Kier molecular flexibility index (Phi) is 4.43. The van der Waals surface area contributed by atoms with Gasteiger partial charge in [-0.3, -0.25) is 4.79 Å². The minimum atomic E-state index is -0.853. The summed E-state index contributed by atoms with van der Waals surface area (Å²) < 4.78 is 5.01. The largest absolute Gasteiger partial charge is 0.506 e. The minimum Gasteiger partial charge on any atom is -0.506 e. The summed E-state index contributed by atoms with van der Waals surface area (Å²) in [5.41, 5.74) is 0.602. The standard InChI is InChI=1S/C11H13ClO4/c1-16-8-5-7(3-2-4-10(13)14)11(15)9(12)6-8/h5-6,15H,2-4H2,1H3,(H,13,14). The van der Waals surface area contributed by atoms with Gasteiger partial charge in [0.1, 0.15) is 11.5 Å². The van der Waals surface area contributed by atoms with Crippen LogP contribution in [0, 0.1) is 0 Å². The number of phenols is 1. The molecule has 16 heavy (non-hydrogen) atoms. The fraction of sp³-hybridized carbons (Fsp3) is 0.364. The molecule has 0 aliphatic carbocycles. The second-order valence-electron chi connectivity index (χ2n) is 3.36. The van der Waals surface area contributed by atoms with Gasteiger partial charge in [-0.15, -0.1) is 0 Å². The van der Waals surface area contributed by atoms with E-state index in [1.165, 1.54) is 13.2 Å². The lowest BCUT2D eigenvalue weighted by molar-refractivity contribution is -0.137. The molecule has 5 heteroatoms. The average molecular weight is 245 g/mol. The molecule has 0 unspecified atom stereocenters. The predicted molar refractivity (Wildman–Crippen MR) is 60.2 cm³/mol. The number of phenolic OH excluding ortho intramolecular Hbond substituents is 1. The topological polar surface area (TPSA) is 66.8 Å². The lowest BCUT2D eigenvalue weighted by atomic mass is 10.1. The molecule has 1 aromatic carbocycles. The highest BCUT2D eigenvalue weighted by Gasteiger charge is 2.09. The number of carbonyl (C=O) groups is 1. The van der Waals surface area contributed by atoms with Crippen LogP contribution in [-0.4, -0.2) is 23.3 Å². The van der Waals surface area contributed by atoms with Crippen molar-refractivity contribution in [2.24, 2.45) is 0 Å². The maximum atomic E-state index is 10.4. The van der Waals surface area contributed by atoms with Crippen LogP contribution in [0.5, 0.6) is 11.5 Å². The zero-order chi connectivity index (χ0) is 12.1. The Morgan fingerprint density at radius 3 is 2.75 bits per heavy atom. The van der Waals surface area contributed by atoms with E-state index in [1.807, 2.05) is 0 Å². The summed E-state index contributed by atoms with van der Waals surface area (Å²) in [6.45, 7) is 0. The Bertz CT molecular complexity index is 390. The van der Waals surface area contributed by atoms with E-state index in [9.17, 15) is 9.90 Å². The van der Waals surface area contributed by atoms with Crippen LogP contribution in [0.25, 0.3) is 0 Å². The van der Waals surface area contributed by atoms with Gasteiger partial charge in [0.15, 0.2) is 0 Å². The monoisotopic (exact) mass is 244 g/mol. The summed E-state index contributed by atoms with van der Waals surface area (Å²) in [5.74, 6) is -0.311. The first kappa shape index (κ1) is 12.6. The number of halogens is 1. The molecule has 0 saturated heterocycles. The second-order valence-corrected chi connectivity index (χ2v) is 3.77. The van der Waals surface area contributed by atoms with Gasteiger partial charge in [-0.2, -0.15) is 0 Å². The number of carboxylic acid groups (broad SMARTS) is 1. The van der Waals surface area contributed by atoms with Gasteiger partial charge in [0, 0.05) is 12.5 Å². The molecule has 0 aromatic heterocycles. The van der Waals surface area contributed by atoms with Crippen molar-refractivity contribution >= 4 is 17.6 Å². The fourth-order valence-electron chi connectivity index (χ4n) is 1.37. The third kappa shape index (κ3) is 3.31. The van der Waals surface area contributed by atoms with Gasteiger partial charge in [-0.1, -0.05) is 11.6 Å². The molecule has 0 aliphatic rings. The highest BCUT2D eigenvalue weighted by Crippen LogP contribution is 2.33. The smallest absolute Gasteiger partial charge is 0.303 e. The SMILES string of the molecule is COc1cc(Cl)c(O)c(CCCC(=O)O)c1. The third-order valence-corrected chi connectivity index (χ3v) is 2.48. The molecule has 0 saturated carbocycles. The van der Waals surface area contributed by atoms with Crippen LogP contribution < -0.4 is 4.74 Å². The van der Waals surface area contributed by atoms with E-state index < -0.39 is 5.97 Å². The number of rotatable bonds is 5. The summed E-state index contributed by atoms with van der Waals surface area (Å²) in [7, 11) is 1.50. The molecule has 88 valence electrons. The number of aromatic hydroxyl groups is 1. The van der Waals surface area contributed by atoms with Crippen molar-refractivity contribution < 1.29 is 19.7 Å². The van der Waals surface area contributed by atoms with Crippen molar-refractivity contribution in [2.45, 2.75) is 19.3 Å². The number of benzene rings is 1. The predicted octanol–water partition coefficient (Wildman–Crippen LogP) is 2.46. The summed E-state index contributed by atoms with van der Waals surface area (Å²) in [6, 6.07) is 3.17. The van der Waals surface area contributed by atoms with Gasteiger partial charge in [0.25, 0.3) is 0 Å². The van der Waals surface area contributed by atoms with E-state index in [2.05, 4.69) is 0 Å². The van der Waals surface area contributed by atoms with Gasteiger partial charge < -0.3 is 14.9 Å². The molecule has 0 aliphatic heterocycles. The Morgan fingerprint density at radius 1 is 1.50 bits per heavy atom. The van der Waals surface area contributed by atoms with Crippen molar-refractivity contribution in [3.05, 3.63) is 22.7 Å². The lowest BCUT2D eigenvalue weighted by Crippen LogP contribution is -1.96. The molecule has 0 amide bonds. The molecule has 1 rings (SSSR count). The first-order chi connectivity index (χ1) is 7.54. The first-order valence-electron chi connectivity index (χ1n) is 4.81. The molecular weight excluding hydrogens is 232 g/mol. The van der Waals surface area contributed by atoms with Crippen molar-refractivity contribution in [1.82, 2.24) is 0 Å². The van der Waals surface area contributed by atoms with Crippen LogP contribution >= 0.6 is 11.6 Å². The van der Waals surface area contributed by atoms with Crippen molar-refractivity contribution in [1.29, 1.82) is 0 Å². The van der Waals surface area contributed by atoms with Crippen molar-refractivity contribution in [3.8, 4) is 11.5 Å².